The molecule has 1 aliphatic rings. The summed E-state index contributed by atoms with van der Waals surface area (Å²) >= 11 is 3.63. The van der Waals surface area contributed by atoms with Crippen LogP contribution in [-0.2, 0) is 0 Å². The van der Waals surface area contributed by atoms with Crippen molar-refractivity contribution in [1.82, 2.24) is 14.9 Å². The summed E-state index contributed by atoms with van der Waals surface area (Å²) < 4.78 is 0.984. The number of hydrogen-bond acceptors (Lipinski definition) is 2. The highest BCUT2D eigenvalue weighted by Gasteiger charge is 2.32. The zero-order valence-electron chi connectivity index (χ0n) is 12.9. The lowest BCUT2D eigenvalue weighted by Crippen LogP contribution is -2.29. The normalized spacial score (nSPS) is 17.5. The van der Waals surface area contributed by atoms with E-state index in [2.05, 4.69) is 44.1 Å². The van der Waals surface area contributed by atoms with Crippen LogP contribution >= 0.6 is 15.9 Å². The second-order valence-electron chi connectivity index (χ2n) is 5.96. The van der Waals surface area contributed by atoms with E-state index in [4.69, 9.17) is 0 Å². The Hall–Kier alpha value is -2.34. The summed E-state index contributed by atoms with van der Waals surface area (Å²) in [6, 6.07) is 12.1. The number of imidazole rings is 1. The fourth-order valence-corrected chi connectivity index (χ4v) is 3.99. The average Bonchev–Trinajstić information content (AvgIpc) is 3.23. The van der Waals surface area contributed by atoms with Crippen molar-refractivity contribution in [1.29, 1.82) is 0 Å². The van der Waals surface area contributed by atoms with Crippen LogP contribution < -0.4 is 0 Å². The number of carboxylic acid groups (broad SMARTS) is 1. The van der Waals surface area contributed by atoms with Gasteiger partial charge in [-0.25, -0.2) is 9.78 Å². The van der Waals surface area contributed by atoms with Crippen LogP contribution in [0.4, 0.5) is 4.79 Å². The van der Waals surface area contributed by atoms with E-state index >= 15 is 0 Å². The molecule has 2 heterocycles. The van der Waals surface area contributed by atoms with E-state index in [0.29, 0.717) is 12.4 Å². The highest BCUT2D eigenvalue weighted by Crippen LogP contribution is 2.36. The predicted molar refractivity (Wildman–Crippen MR) is 95.9 cm³/mol. The van der Waals surface area contributed by atoms with Crippen molar-refractivity contribution in [3.8, 4) is 11.3 Å². The van der Waals surface area contributed by atoms with Crippen molar-refractivity contribution in [2.75, 3.05) is 6.54 Å². The lowest BCUT2D eigenvalue weighted by atomic mass is 10.0. The molecular weight excluding hydrogens is 370 g/mol. The highest BCUT2D eigenvalue weighted by atomic mass is 79.9. The number of aromatic nitrogens is 2. The van der Waals surface area contributed by atoms with Crippen molar-refractivity contribution in [3.63, 3.8) is 0 Å². The van der Waals surface area contributed by atoms with Crippen LogP contribution in [0.2, 0.25) is 0 Å². The molecule has 0 radical (unpaired) electrons. The summed E-state index contributed by atoms with van der Waals surface area (Å²) in [5, 5.41) is 11.6. The van der Waals surface area contributed by atoms with E-state index in [1.807, 2.05) is 18.2 Å². The predicted octanol–water partition coefficient (Wildman–Crippen LogP) is 4.81. The van der Waals surface area contributed by atoms with E-state index < -0.39 is 6.09 Å². The number of nitrogens with one attached hydrogen (secondary N) is 1. The molecular formula is C18H16BrN3O2. The largest absolute Gasteiger partial charge is 0.465 e. The van der Waals surface area contributed by atoms with E-state index in [0.717, 1.165) is 39.3 Å². The van der Waals surface area contributed by atoms with Crippen LogP contribution in [0.1, 0.15) is 24.7 Å². The Bertz CT molecular complexity index is 922. The van der Waals surface area contributed by atoms with E-state index in [-0.39, 0.29) is 6.04 Å². The molecule has 6 heteroatoms. The van der Waals surface area contributed by atoms with Crippen molar-refractivity contribution >= 4 is 32.8 Å². The summed E-state index contributed by atoms with van der Waals surface area (Å²) in [6.07, 6.45) is 2.57. The zero-order chi connectivity index (χ0) is 16.7. The number of hydrogen-bond donors (Lipinski definition) is 2. The summed E-state index contributed by atoms with van der Waals surface area (Å²) in [6.45, 7) is 0.563. The fourth-order valence-electron chi connectivity index (χ4n) is 3.43. The molecule has 3 aromatic rings. The van der Waals surface area contributed by atoms with Crippen LogP contribution in [0.5, 0.6) is 0 Å². The van der Waals surface area contributed by atoms with Crippen LogP contribution in [-0.4, -0.2) is 32.6 Å². The van der Waals surface area contributed by atoms with Gasteiger partial charge < -0.3 is 10.1 Å². The first kappa shape index (κ1) is 15.2. The molecule has 0 aliphatic carbocycles. The number of H-pyrrole nitrogens is 1. The number of halogens is 1. The van der Waals surface area contributed by atoms with Gasteiger partial charge in [0.25, 0.3) is 0 Å². The molecule has 2 N–H and O–H groups in total. The number of carbonyl (C=O) groups is 1. The number of likely N-dealkylation sites (tertiary alicyclic amines) is 1. The quantitative estimate of drug-likeness (QED) is 0.664. The molecule has 1 aromatic heterocycles. The van der Waals surface area contributed by atoms with Crippen molar-refractivity contribution < 1.29 is 9.90 Å². The fraction of sp³-hybridized carbons (Fsp3) is 0.222. The van der Waals surface area contributed by atoms with Gasteiger partial charge in [-0.2, -0.15) is 0 Å². The Morgan fingerprint density at radius 1 is 1.29 bits per heavy atom. The lowest BCUT2D eigenvalue weighted by Gasteiger charge is -2.19. The van der Waals surface area contributed by atoms with E-state index in [1.54, 1.807) is 6.20 Å². The summed E-state index contributed by atoms with van der Waals surface area (Å²) in [5.41, 5.74) is 1.94. The van der Waals surface area contributed by atoms with Gasteiger partial charge in [-0.3, -0.25) is 4.90 Å². The Balaban J connectivity index is 1.79. The molecule has 0 unspecified atom stereocenters. The number of fused-ring (bicyclic) bond motifs is 1. The molecule has 1 aliphatic heterocycles. The third-order valence-electron chi connectivity index (χ3n) is 4.56. The third kappa shape index (κ3) is 2.47. The van der Waals surface area contributed by atoms with Crippen molar-refractivity contribution in [3.05, 3.63) is 52.9 Å². The maximum atomic E-state index is 11.4. The molecule has 1 atom stereocenters. The highest BCUT2D eigenvalue weighted by molar-refractivity contribution is 9.10. The van der Waals surface area contributed by atoms with Gasteiger partial charge in [-0.1, -0.05) is 46.3 Å². The molecule has 122 valence electrons. The van der Waals surface area contributed by atoms with Crippen LogP contribution in [0, 0.1) is 0 Å². The SMILES string of the molecule is O=C(O)N1CCC[C@H]1c1ncc(-c2c(Br)ccc3ccccc23)[nH]1. The standard InChI is InChI=1S/C18H16BrN3O2/c19-13-8-7-11-4-1-2-5-12(11)16(13)14-10-20-17(21-14)15-6-3-9-22(15)18(23)24/h1-2,4-5,7-8,10,15H,3,6,9H2,(H,20,21)(H,23,24)/t15-/m0/s1. The molecule has 2 aromatic carbocycles. The monoisotopic (exact) mass is 385 g/mol. The van der Waals surface area contributed by atoms with Gasteiger partial charge in [0.1, 0.15) is 5.82 Å². The number of amides is 1. The van der Waals surface area contributed by atoms with Gasteiger partial charge in [-0.05, 0) is 29.7 Å². The molecule has 1 fully saturated rings. The number of rotatable bonds is 2. The number of aromatic amines is 1. The maximum Gasteiger partial charge on any atom is 0.407 e. The van der Waals surface area contributed by atoms with Gasteiger partial charge in [0.2, 0.25) is 0 Å². The molecule has 5 nitrogen and oxygen atoms in total. The third-order valence-corrected chi connectivity index (χ3v) is 5.22. The molecule has 0 bridgehead atoms. The van der Waals surface area contributed by atoms with Crippen LogP contribution in [0.3, 0.4) is 0 Å². The van der Waals surface area contributed by atoms with Crippen LogP contribution in [0.15, 0.2) is 47.1 Å². The summed E-state index contributed by atoms with van der Waals surface area (Å²) in [7, 11) is 0. The van der Waals surface area contributed by atoms with E-state index in [1.165, 1.54) is 4.90 Å². The van der Waals surface area contributed by atoms with Crippen LogP contribution in [0.25, 0.3) is 22.0 Å². The van der Waals surface area contributed by atoms with Gasteiger partial charge in [-0.15, -0.1) is 0 Å². The molecule has 1 amide bonds. The van der Waals surface area contributed by atoms with Crippen molar-refractivity contribution in [2.45, 2.75) is 18.9 Å². The van der Waals surface area contributed by atoms with Gasteiger partial charge >= 0.3 is 6.09 Å². The minimum atomic E-state index is -0.887. The van der Waals surface area contributed by atoms with Crippen molar-refractivity contribution in [2.24, 2.45) is 0 Å². The minimum Gasteiger partial charge on any atom is -0.465 e. The van der Waals surface area contributed by atoms with Gasteiger partial charge in [0.15, 0.2) is 0 Å². The topological polar surface area (TPSA) is 69.2 Å². The minimum absolute atomic E-state index is 0.190. The van der Waals surface area contributed by atoms with E-state index in [9.17, 15) is 9.90 Å². The maximum absolute atomic E-state index is 11.4. The lowest BCUT2D eigenvalue weighted by molar-refractivity contribution is 0.139. The first-order valence-corrected chi connectivity index (χ1v) is 8.66. The Morgan fingerprint density at radius 3 is 2.96 bits per heavy atom. The first-order valence-electron chi connectivity index (χ1n) is 7.87. The first-order chi connectivity index (χ1) is 11.6. The Kier molecular flexibility index (Phi) is 3.76. The van der Waals surface area contributed by atoms with Gasteiger partial charge in [0, 0.05) is 16.6 Å². The Morgan fingerprint density at radius 2 is 2.12 bits per heavy atom. The second-order valence-corrected chi connectivity index (χ2v) is 6.81. The average molecular weight is 386 g/mol. The summed E-state index contributed by atoms with van der Waals surface area (Å²) in [5.74, 6) is 0.713. The molecule has 0 spiro atoms. The smallest absolute Gasteiger partial charge is 0.407 e. The molecule has 1 saturated heterocycles. The molecule has 24 heavy (non-hydrogen) atoms. The second kappa shape index (κ2) is 5.94. The van der Waals surface area contributed by atoms with Gasteiger partial charge in [0.05, 0.1) is 17.9 Å². The Labute approximate surface area is 147 Å². The number of nitrogens with zero attached hydrogens (tertiary/aromatic N) is 2. The zero-order valence-corrected chi connectivity index (χ0v) is 14.5. The molecule has 0 saturated carbocycles. The summed E-state index contributed by atoms with van der Waals surface area (Å²) in [4.78, 5) is 20.6. The molecule has 4 rings (SSSR count). The number of benzene rings is 2.